The van der Waals surface area contributed by atoms with Gasteiger partial charge in [0.25, 0.3) is 0 Å². The zero-order valence-corrected chi connectivity index (χ0v) is 13.9. The zero-order chi connectivity index (χ0) is 16.9. The average molecular weight is 348 g/mol. The summed E-state index contributed by atoms with van der Waals surface area (Å²) in [5.41, 5.74) is 1.33. The standard InChI is InChI=1S/C18H19ClFN3O/c19-16-8-1-2-9-17(16)22-18(24)23-10-4-7-15(12-23)21-14-6-3-5-13(20)11-14/h1-3,5-6,8-9,11,15,21H,4,7,10,12H2,(H,22,24). The third-order valence-electron chi connectivity index (χ3n) is 4.02. The van der Waals surface area contributed by atoms with Gasteiger partial charge in [0.2, 0.25) is 0 Å². The molecular weight excluding hydrogens is 329 g/mol. The number of hydrogen-bond donors (Lipinski definition) is 2. The molecule has 126 valence electrons. The number of carbonyl (C=O) groups excluding carboxylic acids is 1. The second kappa shape index (κ2) is 7.53. The van der Waals surface area contributed by atoms with E-state index >= 15 is 0 Å². The fourth-order valence-corrected chi connectivity index (χ4v) is 3.03. The lowest BCUT2D eigenvalue weighted by Crippen LogP contribution is -2.46. The normalized spacial score (nSPS) is 17.4. The van der Waals surface area contributed by atoms with Gasteiger partial charge in [-0.3, -0.25) is 0 Å². The second-order valence-corrected chi connectivity index (χ2v) is 6.26. The lowest BCUT2D eigenvalue weighted by molar-refractivity contribution is 0.196. The Balaban J connectivity index is 1.60. The van der Waals surface area contributed by atoms with Gasteiger partial charge in [0.1, 0.15) is 5.82 Å². The number of urea groups is 1. The molecule has 0 saturated carbocycles. The van der Waals surface area contributed by atoms with Crippen molar-refractivity contribution in [2.75, 3.05) is 23.7 Å². The predicted molar refractivity (Wildman–Crippen MR) is 95.1 cm³/mol. The van der Waals surface area contributed by atoms with Crippen LogP contribution in [0.3, 0.4) is 0 Å². The third-order valence-corrected chi connectivity index (χ3v) is 4.35. The Morgan fingerprint density at radius 1 is 1.21 bits per heavy atom. The summed E-state index contributed by atoms with van der Waals surface area (Å²) < 4.78 is 13.3. The molecule has 0 aromatic heterocycles. The van der Waals surface area contributed by atoms with Gasteiger partial charge in [0.05, 0.1) is 10.7 Å². The number of nitrogens with zero attached hydrogens (tertiary/aromatic N) is 1. The van der Waals surface area contributed by atoms with Gasteiger partial charge in [-0.2, -0.15) is 0 Å². The molecule has 2 N–H and O–H groups in total. The number of likely N-dealkylation sites (tertiary alicyclic amines) is 1. The number of anilines is 2. The molecule has 0 aliphatic carbocycles. The molecule has 1 heterocycles. The SMILES string of the molecule is O=C(Nc1ccccc1Cl)N1CCCC(Nc2cccc(F)c2)C1. The van der Waals surface area contributed by atoms with Crippen molar-refractivity contribution in [2.24, 2.45) is 0 Å². The number of amides is 2. The largest absolute Gasteiger partial charge is 0.380 e. The van der Waals surface area contributed by atoms with Crippen LogP contribution in [0.2, 0.25) is 5.02 Å². The van der Waals surface area contributed by atoms with E-state index in [9.17, 15) is 9.18 Å². The molecule has 0 spiro atoms. The van der Waals surface area contributed by atoms with Crippen LogP contribution in [0.25, 0.3) is 0 Å². The maximum absolute atomic E-state index is 13.3. The van der Waals surface area contributed by atoms with E-state index in [0.717, 1.165) is 18.5 Å². The highest BCUT2D eigenvalue weighted by atomic mass is 35.5. The first-order valence-electron chi connectivity index (χ1n) is 7.94. The van der Waals surface area contributed by atoms with Gasteiger partial charge in [-0.05, 0) is 43.2 Å². The Labute approximate surface area is 145 Å². The smallest absolute Gasteiger partial charge is 0.321 e. The molecule has 0 bridgehead atoms. The highest BCUT2D eigenvalue weighted by Gasteiger charge is 2.24. The van der Waals surface area contributed by atoms with Crippen LogP contribution in [0.1, 0.15) is 12.8 Å². The van der Waals surface area contributed by atoms with E-state index in [1.807, 2.05) is 18.2 Å². The number of nitrogens with one attached hydrogen (secondary N) is 2. The first-order valence-corrected chi connectivity index (χ1v) is 8.32. The van der Waals surface area contributed by atoms with Crippen molar-refractivity contribution in [1.29, 1.82) is 0 Å². The van der Waals surface area contributed by atoms with Gasteiger partial charge < -0.3 is 15.5 Å². The number of halogens is 2. The Morgan fingerprint density at radius 2 is 2.04 bits per heavy atom. The van der Waals surface area contributed by atoms with Crippen molar-refractivity contribution in [1.82, 2.24) is 4.90 Å². The van der Waals surface area contributed by atoms with Gasteiger partial charge >= 0.3 is 6.03 Å². The van der Waals surface area contributed by atoms with E-state index in [-0.39, 0.29) is 17.9 Å². The molecule has 2 aromatic carbocycles. The summed E-state index contributed by atoms with van der Waals surface area (Å²) in [5.74, 6) is -0.274. The minimum Gasteiger partial charge on any atom is -0.380 e. The lowest BCUT2D eigenvalue weighted by atomic mass is 10.1. The molecular formula is C18H19ClFN3O. The van der Waals surface area contributed by atoms with Gasteiger partial charge in [-0.15, -0.1) is 0 Å². The third kappa shape index (κ3) is 4.17. The van der Waals surface area contributed by atoms with Gasteiger partial charge in [0, 0.05) is 24.8 Å². The first-order chi connectivity index (χ1) is 11.6. The van der Waals surface area contributed by atoms with Crippen molar-refractivity contribution in [2.45, 2.75) is 18.9 Å². The molecule has 1 saturated heterocycles. The lowest BCUT2D eigenvalue weighted by Gasteiger charge is -2.33. The first kappa shape index (κ1) is 16.6. The molecule has 2 amide bonds. The Hall–Kier alpha value is -2.27. The minimum absolute atomic E-state index is 0.0949. The zero-order valence-electron chi connectivity index (χ0n) is 13.1. The van der Waals surface area contributed by atoms with Crippen LogP contribution in [-0.4, -0.2) is 30.1 Å². The van der Waals surface area contributed by atoms with E-state index in [0.29, 0.717) is 23.8 Å². The molecule has 4 nitrogen and oxygen atoms in total. The maximum Gasteiger partial charge on any atom is 0.321 e. The molecule has 1 atom stereocenters. The van der Waals surface area contributed by atoms with E-state index in [1.165, 1.54) is 12.1 Å². The van der Waals surface area contributed by atoms with E-state index in [1.54, 1.807) is 23.1 Å². The minimum atomic E-state index is -0.274. The number of piperidine rings is 1. The van der Waals surface area contributed by atoms with Crippen LogP contribution in [0.5, 0.6) is 0 Å². The number of benzene rings is 2. The topological polar surface area (TPSA) is 44.4 Å². The molecule has 6 heteroatoms. The van der Waals surface area contributed by atoms with Crippen molar-refractivity contribution in [3.05, 3.63) is 59.4 Å². The summed E-state index contributed by atoms with van der Waals surface area (Å²) in [6, 6.07) is 13.4. The van der Waals surface area contributed by atoms with Crippen molar-refractivity contribution >= 4 is 29.0 Å². The summed E-state index contributed by atoms with van der Waals surface area (Å²) in [7, 11) is 0. The molecule has 2 aromatic rings. The van der Waals surface area contributed by atoms with E-state index in [4.69, 9.17) is 11.6 Å². The van der Waals surface area contributed by atoms with Gasteiger partial charge in [-0.25, -0.2) is 9.18 Å². The summed E-state index contributed by atoms with van der Waals surface area (Å²) >= 11 is 6.08. The Kier molecular flexibility index (Phi) is 5.20. The summed E-state index contributed by atoms with van der Waals surface area (Å²) in [6.45, 7) is 1.25. The summed E-state index contributed by atoms with van der Waals surface area (Å²) in [6.07, 6.45) is 1.83. The van der Waals surface area contributed by atoms with Crippen LogP contribution in [0, 0.1) is 5.82 Å². The molecule has 3 rings (SSSR count). The van der Waals surface area contributed by atoms with Crippen LogP contribution >= 0.6 is 11.6 Å². The number of hydrogen-bond acceptors (Lipinski definition) is 2. The maximum atomic E-state index is 13.3. The van der Waals surface area contributed by atoms with Gasteiger partial charge in [-0.1, -0.05) is 29.8 Å². The Bertz CT molecular complexity index is 725. The monoisotopic (exact) mass is 347 g/mol. The number of carbonyl (C=O) groups is 1. The number of para-hydroxylation sites is 1. The van der Waals surface area contributed by atoms with Crippen LogP contribution in [0.4, 0.5) is 20.6 Å². The molecule has 0 radical (unpaired) electrons. The molecule has 1 fully saturated rings. The summed E-state index contributed by atoms with van der Waals surface area (Å²) in [4.78, 5) is 14.2. The summed E-state index contributed by atoms with van der Waals surface area (Å²) in [5, 5.41) is 6.65. The average Bonchev–Trinajstić information content (AvgIpc) is 2.57. The van der Waals surface area contributed by atoms with Crippen LogP contribution < -0.4 is 10.6 Å². The quantitative estimate of drug-likeness (QED) is 0.853. The van der Waals surface area contributed by atoms with E-state index < -0.39 is 0 Å². The second-order valence-electron chi connectivity index (χ2n) is 5.85. The Morgan fingerprint density at radius 3 is 2.83 bits per heavy atom. The predicted octanol–water partition coefficient (Wildman–Crippen LogP) is 4.59. The van der Waals surface area contributed by atoms with Crippen LogP contribution in [-0.2, 0) is 0 Å². The van der Waals surface area contributed by atoms with Crippen LogP contribution in [0.15, 0.2) is 48.5 Å². The van der Waals surface area contributed by atoms with Gasteiger partial charge in [0.15, 0.2) is 0 Å². The van der Waals surface area contributed by atoms with E-state index in [2.05, 4.69) is 10.6 Å². The molecule has 24 heavy (non-hydrogen) atoms. The highest BCUT2D eigenvalue weighted by Crippen LogP contribution is 2.22. The van der Waals surface area contributed by atoms with Crippen molar-refractivity contribution in [3.63, 3.8) is 0 Å². The molecule has 1 unspecified atom stereocenters. The fourth-order valence-electron chi connectivity index (χ4n) is 2.85. The number of rotatable bonds is 3. The highest BCUT2D eigenvalue weighted by molar-refractivity contribution is 6.33. The van der Waals surface area contributed by atoms with Crippen molar-refractivity contribution < 1.29 is 9.18 Å². The molecule has 1 aliphatic heterocycles. The fraction of sp³-hybridized carbons (Fsp3) is 0.278. The van der Waals surface area contributed by atoms with Crippen molar-refractivity contribution in [3.8, 4) is 0 Å². The molecule has 1 aliphatic rings.